The van der Waals surface area contributed by atoms with Gasteiger partial charge < -0.3 is 15.4 Å². The summed E-state index contributed by atoms with van der Waals surface area (Å²) < 4.78 is 7.53. The average Bonchev–Trinajstić information content (AvgIpc) is 3.55. The molecule has 2 aromatic heterocycles. The molecule has 1 fully saturated rings. The molecule has 6 rings (SSSR count). The first-order chi connectivity index (χ1) is 19.2. The van der Waals surface area contributed by atoms with E-state index < -0.39 is 5.91 Å². The van der Waals surface area contributed by atoms with E-state index in [1.807, 2.05) is 17.0 Å². The standard InChI is InChI=1S/C30H27Cl2N5O3/c1-16-4-3-7-36(16)30(39)27-23-6-5-17-9-26(40-2)24(18-8-19(29(33)38)15-34-14-18)13-25(17)28(23)37(35-27)22-11-20(31)10-21(32)12-22/h8-16H,3-7H2,1-2H3,(H2,33,38). The van der Waals surface area contributed by atoms with Crippen molar-refractivity contribution >= 4 is 35.0 Å². The highest BCUT2D eigenvalue weighted by molar-refractivity contribution is 6.34. The van der Waals surface area contributed by atoms with Gasteiger partial charge in [0, 0.05) is 57.3 Å². The Hall–Kier alpha value is -3.88. The third kappa shape index (κ3) is 4.51. The Balaban J connectivity index is 1.59. The van der Waals surface area contributed by atoms with E-state index in [0.29, 0.717) is 57.7 Å². The van der Waals surface area contributed by atoms with Crippen molar-refractivity contribution in [1.82, 2.24) is 19.7 Å². The molecule has 2 N–H and O–H groups in total. The van der Waals surface area contributed by atoms with Crippen LogP contribution in [-0.4, -0.2) is 51.2 Å². The fourth-order valence-electron chi connectivity index (χ4n) is 5.78. The van der Waals surface area contributed by atoms with Crippen LogP contribution in [0.15, 0.2) is 48.8 Å². The van der Waals surface area contributed by atoms with Gasteiger partial charge in [-0.2, -0.15) is 5.10 Å². The van der Waals surface area contributed by atoms with Crippen molar-refractivity contribution in [3.8, 4) is 33.8 Å². The van der Waals surface area contributed by atoms with E-state index in [1.54, 1.807) is 42.3 Å². The molecule has 4 aromatic rings. The van der Waals surface area contributed by atoms with Gasteiger partial charge in [-0.15, -0.1) is 0 Å². The summed E-state index contributed by atoms with van der Waals surface area (Å²) in [5, 5.41) is 5.84. The number of primary amides is 1. The van der Waals surface area contributed by atoms with Crippen LogP contribution in [0.2, 0.25) is 10.0 Å². The molecule has 8 nitrogen and oxygen atoms in total. The number of pyridine rings is 1. The average molecular weight is 576 g/mol. The fourth-order valence-corrected chi connectivity index (χ4v) is 6.29. The Bertz CT molecular complexity index is 1660. The van der Waals surface area contributed by atoms with Crippen molar-refractivity contribution in [2.24, 2.45) is 5.73 Å². The number of halogens is 2. The molecular formula is C30H27Cl2N5O3. The maximum absolute atomic E-state index is 13.8. The molecule has 2 amide bonds. The van der Waals surface area contributed by atoms with Gasteiger partial charge in [-0.3, -0.25) is 14.6 Å². The Morgan fingerprint density at radius 2 is 1.80 bits per heavy atom. The molecule has 40 heavy (non-hydrogen) atoms. The number of benzene rings is 2. The molecule has 3 heterocycles. The van der Waals surface area contributed by atoms with Gasteiger partial charge in [-0.05, 0) is 74.6 Å². The summed E-state index contributed by atoms with van der Waals surface area (Å²) in [6.45, 7) is 2.79. The summed E-state index contributed by atoms with van der Waals surface area (Å²) in [6, 6.07) is 11.1. The van der Waals surface area contributed by atoms with Crippen LogP contribution >= 0.6 is 23.2 Å². The minimum atomic E-state index is -0.566. The SMILES string of the molecule is COc1cc2c(cc1-c1cncc(C(N)=O)c1)-c1c(c(C(=O)N3CCCC3C)nn1-c1cc(Cl)cc(Cl)c1)CC2. The molecule has 1 aliphatic carbocycles. The number of rotatable bonds is 5. The van der Waals surface area contributed by atoms with Gasteiger partial charge in [0.25, 0.3) is 5.91 Å². The lowest BCUT2D eigenvalue weighted by Gasteiger charge is -2.23. The van der Waals surface area contributed by atoms with Crippen molar-refractivity contribution in [2.75, 3.05) is 13.7 Å². The number of hydrogen-bond donors (Lipinski definition) is 1. The van der Waals surface area contributed by atoms with E-state index in [-0.39, 0.29) is 11.9 Å². The van der Waals surface area contributed by atoms with Crippen molar-refractivity contribution in [3.05, 3.63) is 81.2 Å². The van der Waals surface area contributed by atoms with Gasteiger partial charge in [0.2, 0.25) is 5.91 Å². The lowest BCUT2D eigenvalue weighted by Crippen LogP contribution is -2.34. The zero-order chi connectivity index (χ0) is 28.1. The van der Waals surface area contributed by atoms with Gasteiger partial charge in [0.05, 0.1) is 24.1 Å². The highest BCUT2D eigenvalue weighted by Crippen LogP contribution is 2.43. The summed E-state index contributed by atoms with van der Waals surface area (Å²) in [5.41, 5.74) is 12.0. The fraction of sp³-hybridized carbons (Fsp3) is 0.267. The number of likely N-dealkylation sites (tertiary alicyclic amines) is 1. The topological polar surface area (TPSA) is 103 Å². The largest absolute Gasteiger partial charge is 0.496 e. The number of aryl methyl sites for hydroxylation is 1. The molecule has 0 saturated carbocycles. The maximum atomic E-state index is 13.8. The number of fused-ring (bicyclic) bond motifs is 3. The van der Waals surface area contributed by atoms with Gasteiger partial charge >= 0.3 is 0 Å². The molecule has 2 aromatic carbocycles. The molecule has 0 radical (unpaired) electrons. The first-order valence-corrected chi connectivity index (χ1v) is 13.9. The van der Waals surface area contributed by atoms with Crippen LogP contribution in [0.1, 0.15) is 51.7 Å². The second-order valence-corrected chi connectivity index (χ2v) is 11.1. The summed E-state index contributed by atoms with van der Waals surface area (Å²) in [7, 11) is 1.61. The predicted octanol–water partition coefficient (Wildman–Crippen LogP) is 5.74. The third-order valence-electron chi connectivity index (χ3n) is 7.75. The van der Waals surface area contributed by atoms with Gasteiger partial charge in [-0.25, -0.2) is 4.68 Å². The van der Waals surface area contributed by atoms with Crippen molar-refractivity contribution in [1.29, 1.82) is 0 Å². The maximum Gasteiger partial charge on any atom is 0.274 e. The minimum Gasteiger partial charge on any atom is -0.496 e. The van der Waals surface area contributed by atoms with E-state index in [2.05, 4.69) is 11.9 Å². The first-order valence-electron chi connectivity index (χ1n) is 13.1. The Morgan fingerprint density at radius 1 is 1.02 bits per heavy atom. The van der Waals surface area contributed by atoms with Crippen LogP contribution in [0.4, 0.5) is 0 Å². The first kappa shape index (κ1) is 26.3. The minimum absolute atomic E-state index is 0.0660. The molecule has 0 bridgehead atoms. The molecule has 0 spiro atoms. The zero-order valence-corrected chi connectivity index (χ0v) is 23.6. The summed E-state index contributed by atoms with van der Waals surface area (Å²) in [5.74, 6) is 0.0112. The molecule has 204 valence electrons. The number of aromatic nitrogens is 3. The number of methoxy groups -OCH3 is 1. The van der Waals surface area contributed by atoms with Gasteiger partial charge in [0.15, 0.2) is 5.69 Å². The molecule has 2 aliphatic rings. The number of hydrogen-bond acceptors (Lipinski definition) is 5. The summed E-state index contributed by atoms with van der Waals surface area (Å²) >= 11 is 12.8. The third-order valence-corrected chi connectivity index (χ3v) is 8.19. The molecule has 1 saturated heterocycles. The number of amides is 2. The predicted molar refractivity (Wildman–Crippen MR) is 154 cm³/mol. The normalized spacial score (nSPS) is 16.0. The molecule has 10 heteroatoms. The van der Waals surface area contributed by atoms with Gasteiger partial charge in [-0.1, -0.05) is 23.2 Å². The van der Waals surface area contributed by atoms with E-state index in [1.165, 1.54) is 6.20 Å². The molecule has 1 atom stereocenters. The van der Waals surface area contributed by atoms with E-state index in [9.17, 15) is 9.59 Å². The number of ether oxygens (including phenoxy) is 1. The zero-order valence-electron chi connectivity index (χ0n) is 22.1. The summed E-state index contributed by atoms with van der Waals surface area (Å²) in [4.78, 5) is 31.8. The Morgan fingerprint density at radius 3 is 2.48 bits per heavy atom. The smallest absolute Gasteiger partial charge is 0.274 e. The number of carbonyl (C=O) groups excluding carboxylic acids is 2. The second kappa shape index (κ2) is 10.3. The van der Waals surface area contributed by atoms with E-state index in [0.717, 1.165) is 40.8 Å². The van der Waals surface area contributed by atoms with Crippen LogP contribution in [0.5, 0.6) is 5.75 Å². The van der Waals surface area contributed by atoms with E-state index >= 15 is 0 Å². The van der Waals surface area contributed by atoms with Crippen LogP contribution in [0.3, 0.4) is 0 Å². The van der Waals surface area contributed by atoms with E-state index in [4.69, 9.17) is 38.8 Å². The Kier molecular flexibility index (Phi) is 6.76. The monoisotopic (exact) mass is 575 g/mol. The second-order valence-electron chi connectivity index (χ2n) is 10.2. The lowest BCUT2D eigenvalue weighted by molar-refractivity contribution is 0.0739. The molecular weight excluding hydrogens is 549 g/mol. The number of carbonyl (C=O) groups is 2. The highest BCUT2D eigenvalue weighted by atomic mass is 35.5. The van der Waals surface area contributed by atoms with Crippen molar-refractivity contribution in [2.45, 2.75) is 38.6 Å². The quantitative estimate of drug-likeness (QED) is 0.327. The number of nitrogens with two attached hydrogens (primary N) is 1. The van der Waals surface area contributed by atoms with Crippen LogP contribution in [0, 0.1) is 0 Å². The molecule has 1 aliphatic heterocycles. The Labute approximate surface area is 241 Å². The van der Waals surface area contributed by atoms with Crippen LogP contribution in [0.25, 0.3) is 28.1 Å². The van der Waals surface area contributed by atoms with Crippen molar-refractivity contribution in [3.63, 3.8) is 0 Å². The van der Waals surface area contributed by atoms with Crippen LogP contribution < -0.4 is 10.5 Å². The number of nitrogens with zero attached hydrogens (tertiary/aromatic N) is 4. The lowest BCUT2D eigenvalue weighted by atomic mass is 9.86. The van der Waals surface area contributed by atoms with Crippen LogP contribution in [-0.2, 0) is 12.8 Å². The summed E-state index contributed by atoms with van der Waals surface area (Å²) in [6.07, 6.45) is 6.40. The van der Waals surface area contributed by atoms with Gasteiger partial charge in [0.1, 0.15) is 5.75 Å². The molecule has 1 unspecified atom stereocenters. The highest BCUT2D eigenvalue weighted by Gasteiger charge is 2.34. The van der Waals surface area contributed by atoms with Crippen molar-refractivity contribution < 1.29 is 14.3 Å².